The zero-order chi connectivity index (χ0) is 16.4. The zero-order valence-electron chi connectivity index (χ0n) is 14.3. The molecule has 1 aliphatic rings. The monoisotopic (exact) mass is 297 g/mol. The van der Waals surface area contributed by atoms with Crippen molar-refractivity contribution in [2.75, 3.05) is 13.1 Å². The molecular formula is C16H31N3O2. The number of hydrogen-bond donors (Lipinski definition) is 2. The van der Waals surface area contributed by atoms with Crippen LogP contribution in [0.2, 0.25) is 0 Å². The smallest absolute Gasteiger partial charge is 0.237 e. The summed E-state index contributed by atoms with van der Waals surface area (Å²) in [6.07, 6.45) is 1.59. The van der Waals surface area contributed by atoms with Gasteiger partial charge in [-0.25, -0.2) is 0 Å². The molecule has 1 aliphatic heterocycles. The summed E-state index contributed by atoms with van der Waals surface area (Å²) < 4.78 is 0. The molecule has 1 atom stereocenters. The first kappa shape index (κ1) is 18.0. The van der Waals surface area contributed by atoms with Gasteiger partial charge in [0.2, 0.25) is 11.8 Å². The lowest BCUT2D eigenvalue weighted by Gasteiger charge is -2.37. The Morgan fingerprint density at radius 1 is 1.10 bits per heavy atom. The Morgan fingerprint density at radius 3 is 1.95 bits per heavy atom. The largest absolute Gasteiger partial charge is 0.352 e. The average molecular weight is 297 g/mol. The van der Waals surface area contributed by atoms with Crippen molar-refractivity contribution in [1.82, 2.24) is 10.2 Å². The fourth-order valence-electron chi connectivity index (χ4n) is 2.39. The molecule has 5 nitrogen and oxygen atoms in total. The first-order chi connectivity index (χ1) is 9.43. The number of piperidine rings is 1. The number of likely N-dealkylation sites (tertiary alicyclic amines) is 1. The van der Waals surface area contributed by atoms with Gasteiger partial charge in [-0.3, -0.25) is 9.59 Å². The summed E-state index contributed by atoms with van der Waals surface area (Å²) in [6, 6.07) is -0.387. The summed E-state index contributed by atoms with van der Waals surface area (Å²) in [5.41, 5.74) is 5.38. The van der Waals surface area contributed by atoms with E-state index in [1.54, 1.807) is 0 Å². The van der Waals surface area contributed by atoms with E-state index < -0.39 is 6.04 Å². The van der Waals surface area contributed by atoms with E-state index in [-0.39, 0.29) is 28.7 Å². The molecule has 0 unspecified atom stereocenters. The standard InChI is InChI=1S/C16H31N3O2/c1-15(2,3)12(17)13(20)18-11-7-9-19(10-8-11)14(21)16(4,5)6/h11-12H,7-10,17H2,1-6H3,(H,18,20)/t12-/m0/s1. The maximum atomic E-state index is 12.2. The maximum Gasteiger partial charge on any atom is 0.237 e. The first-order valence-electron chi connectivity index (χ1n) is 7.78. The first-order valence-corrected chi connectivity index (χ1v) is 7.78. The van der Waals surface area contributed by atoms with E-state index >= 15 is 0 Å². The Hall–Kier alpha value is -1.10. The molecule has 1 fully saturated rings. The van der Waals surface area contributed by atoms with Crippen molar-refractivity contribution < 1.29 is 9.59 Å². The van der Waals surface area contributed by atoms with Gasteiger partial charge in [-0.2, -0.15) is 0 Å². The van der Waals surface area contributed by atoms with Crippen molar-refractivity contribution in [2.45, 2.75) is 66.5 Å². The number of nitrogens with one attached hydrogen (secondary N) is 1. The lowest BCUT2D eigenvalue weighted by molar-refractivity contribution is -0.140. The number of nitrogens with two attached hydrogens (primary N) is 1. The van der Waals surface area contributed by atoms with Gasteiger partial charge in [0.1, 0.15) is 0 Å². The van der Waals surface area contributed by atoms with E-state index in [1.165, 1.54) is 0 Å². The van der Waals surface area contributed by atoms with Gasteiger partial charge in [0, 0.05) is 24.5 Å². The Balaban J connectivity index is 2.48. The molecule has 1 rings (SSSR count). The van der Waals surface area contributed by atoms with Gasteiger partial charge in [-0.1, -0.05) is 41.5 Å². The summed E-state index contributed by atoms with van der Waals surface area (Å²) in [5, 5.41) is 3.02. The molecule has 0 saturated carbocycles. The van der Waals surface area contributed by atoms with Crippen molar-refractivity contribution >= 4 is 11.8 Å². The van der Waals surface area contributed by atoms with E-state index in [9.17, 15) is 9.59 Å². The Morgan fingerprint density at radius 2 is 1.57 bits per heavy atom. The van der Waals surface area contributed by atoms with E-state index in [0.717, 1.165) is 12.8 Å². The molecule has 0 bridgehead atoms. The molecule has 0 radical (unpaired) electrons. The van der Waals surface area contributed by atoms with Crippen molar-refractivity contribution in [1.29, 1.82) is 0 Å². The van der Waals surface area contributed by atoms with Crippen LogP contribution in [0.25, 0.3) is 0 Å². The Bertz CT molecular complexity index is 385. The predicted octanol–water partition coefficient (Wildman–Crippen LogP) is 1.51. The number of amides is 2. The van der Waals surface area contributed by atoms with E-state index in [0.29, 0.717) is 13.1 Å². The molecule has 3 N–H and O–H groups in total. The molecule has 5 heteroatoms. The minimum atomic E-state index is -0.508. The number of hydrogen-bond acceptors (Lipinski definition) is 3. The van der Waals surface area contributed by atoms with Gasteiger partial charge < -0.3 is 16.0 Å². The number of rotatable bonds is 2. The van der Waals surface area contributed by atoms with Crippen molar-refractivity contribution in [3.8, 4) is 0 Å². The highest BCUT2D eigenvalue weighted by atomic mass is 16.2. The minimum Gasteiger partial charge on any atom is -0.352 e. The van der Waals surface area contributed by atoms with Crippen LogP contribution in [0.1, 0.15) is 54.4 Å². The van der Waals surface area contributed by atoms with Crippen LogP contribution < -0.4 is 11.1 Å². The van der Waals surface area contributed by atoms with Crippen LogP contribution in [0.15, 0.2) is 0 Å². The lowest BCUT2D eigenvalue weighted by Crippen LogP contribution is -2.54. The molecule has 0 aliphatic carbocycles. The molecule has 1 heterocycles. The van der Waals surface area contributed by atoms with Crippen molar-refractivity contribution in [2.24, 2.45) is 16.6 Å². The van der Waals surface area contributed by atoms with Gasteiger partial charge >= 0.3 is 0 Å². The molecule has 122 valence electrons. The van der Waals surface area contributed by atoms with Gasteiger partial charge in [0.25, 0.3) is 0 Å². The second-order valence-corrected chi connectivity index (χ2v) is 8.17. The predicted molar refractivity (Wildman–Crippen MR) is 84.6 cm³/mol. The molecule has 0 aromatic heterocycles. The average Bonchev–Trinajstić information content (AvgIpc) is 2.35. The summed E-state index contributed by atoms with van der Waals surface area (Å²) in [5.74, 6) is 0.0850. The third-order valence-electron chi connectivity index (χ3n) is 3.99. The van der Waals surface area contributed by atoms with Gasteiger partial charge in [-0.05, 0) is 18.3 Å². The summed E-state index contributed by atoms with van der Waals surface area (Å²) in [7, 11) is 0. The molecule has 21 heavy (non-hydrogen) atoms. The Labute approximate surface area is 128 Å². The molecule has 0 aromatic carbocycles. The van der Waals surface area contributed by atoms with Crippen LogP contribution in [0.5, 0.6) is 0 Å². The fraction of sp³-hybridized carbons (Fsp3) is 0.875. The highest BCUT2D eigenvalue weighted by Crippen LogP contribution is 2.22. The second kappa shape index (κ2) is 6.34. The maximum absolute atomic E-state index is 12.2. The van der Waals surface area contributed by atoms with Gasteiger partial charge in [-0.15, -0.1) is 0 Å². The fourth-order valence-corrected chi connectivity index (χ4v) is 2.39. The van der Waals surface area contributed by atoms with Crippen molar-refractivity contribution in [3.05, 3.63) is 0 Å². The SMILES string of the molecule is CC(C)(C)C(=O)N1CCC(NC(=O)[C@H](N)C(C)(C)C)CC1. The highest BCUT2D eigenvalue weighted by molar-refractivity contribution is 5.83. The Kier molecular flexibility index (Phi) is 5.42. The molecule has 0 aromatic rings. The number of nitrogens with zero attached hydrogens (tertiary/aromatic N) is 1. The summed E-state index contributed by atoms with van der Waals surface area (Å²) >= 11 is 0. The number of carbonyl (C=O) groups excluding carboxylic acids is 2. The van der Waals surface area contributed by atoms with Crippen LogP contribution in [0, 0.1) is 10.8 Å². The topological polar surface area (TPSA) is 75.4 Å². The van der Waals surface area contributed by atoms with E-state index in [1.807, 2.05) is 46.4 Å². The van der Waals surface area contributed by atoms with E-state index in [4.69, 9.17) is 5.73 Å². The number of carbonyl (C=O) groups is 2. The summed E-state index contributed by atoms with van der Waals surface area (Å²) in [4.78, 5) is 26.2. The second-order valence-electron chi connectivity index (χ2n) is 8.17. The lowest BCUT2D eigenvalue weighted by atomic mass is 9.86. The van der Waals surface area contributed by atoms with Crippen LogP contribution in [-0.4, -0.2) is 41.9 Å². The van der Waals surface area contributed by atoms with Crippen LogP contribution in [0.4, 0.5) is 0 Å². The van der Waals surface area contributed by atoms with Gasteiger partial charge in [0.05, 0.1) is 6.04 Å². The third kappa shape index (κ3) is 4.99. The van der Waals surface area contributed by atoms with Crippen LogP contribution in [0.3, 0.4) is 0 Å². The molecule has 2 amide bonds. The van der Waals surface area contributed by atoms with Gasteiger partial charge in [0.15, 0.2) is 0 Å². The molecular weight excluding hydrogens is 266 g/mol. The van der Waals surface area contributed by atoms with Crippen LogP contribution >= 0.6 is 0 Å². The molecule has 1 saturated heterocycles. The minimum absolute atomic E-state index is 0.0944. The normalized spacial score (nSPS) is 19.3. The quantitative estimate of drug-likeness (QED) is 0.811. The van der Waals surface area contributed by atoms with E-state index in [2.05, 4.69) is 5.32 Å². The summed E-state index contributed by atoms with van der Waals surface area (Å²) in [6.45, 7) is 13.1. The zero-order valence-corrected chi connectivity index (χ0v) is 14.3. The molecule has 0 spiro atoms. The van der Waals surface area contributed by atoms with Crippen molar-refractivity contribution in [3.63, 3.8) is 0 Å². The highest BCUT2D eigenvalue weighted by Gasteiger charge is 2.32. The van der Waals surface area contributed by atoms with Crippen LogP contribution in [-0.2, 0) is 9.59 Å². The third-order valence-corrected chi connectivity index (χ3v) is 3.99.